The van der Waals surface area contributed by atoms with E-state index in [2.05, 4.69) is 31.8 Å². The highest BCUT2D eigenvalue weighted by molar-refractivity contribution is 7.91. The van der Waals surface area contributed by atoms with Crippen LogP contribution in [-0.4, -0.2) is 147 Å². The largest absolute Gasteiger partial charge is 0.491 e. The number of benzene rings is 1. The first-order valence-electron chi connectivity index (χ1n) is 24.9. The average Bonchev–Trinajstić information content (AvgIpc) is 4.12. The number of hydrogen-bond donors (Lipinski definition) is 4. The van der Waals surface area contributed by atoms with Crippen molar-refractivity contribution >= 4 is 44.7 Å². The lowest BCUT2D eigenvalue weighted by molar-refractivity contribution is -0.142. The van der Waals surface area contributed by atoms with E-state index in [1.807, 2.05) is 64.0 Å². The molecule has 0 radical (unpaired) electrons. The summed E-state index contributed by atoms with van der Waals surface area (Å²) in [4.78, 5) is 78.0. The predicted molar refractivity (Wildman–Crippen MR) is 260 cm³/mol. The van der Waals surface area contributed by atoms with E-state index >= 15 is 0 Å². The predicted octanol–water partition coefficient (Wildman–Crippen LogP) is 4.63. The molecular weight excluding hydrogens is 891 g/mol. The molecule has 4 N–H and O–H groups in total. The van der Waals surface area contributed by atoms with Crippen LogP contribution in [0.25, 0.3) is 10.9 Å². The molecule has 7 rings (SSSR count). The third kappa shape index (κ3) is 11.9. The van der Waals surface area contributed by atoms with E-state index in [9.17, 15) is 32.4 Å². The summed E-state index contributed by atoms with van der Waals surface area (Å²) in [6.45, 7) is 14.1. The van der Waals surface area contributed by atoms with Gasteiger partial charge in [-0.05, 0) is 121 Å². The van der Waals surface area contributed by atoms with Crippen molar-refractivity contribution in [2.45, 2.75) is 139 Å². The monoisotopic (exact) mass is 966 g/mol. The van der Waals surface area contributed by atoms with Crippen molar-refractivity contribution in [2.24, 2.45) is 17.3 Å². The number of carbonyl (C=O) groups is 4. The summed E-state index contributed by atoms with van der Waals surface area (Å²) >= 11 is 0. The molecule has 1 unspecified atom stereocenters. The second kappa shape index (κ2) is 21.6. The number of ether oxygens (including phenoxy) is 3. The number of aromatic amines is 1. The molecule has 3 heterocycles. The number of nitrogens with one attached hydrogen (secondary N) is 4. The van der Waals surface area contributed by atoms with Gasteiger partial charge in [-0.25, -0.2) is 13.2 Å². The van der Waals surface area contributed by atoms with Gasteiger partial charge in [0, 0.05) is 37.5 Å². The van der Waals surface area contributed by atoms with Gasteiger partial charge in [-0.2, -0.15) is 0 Å². The molecule has 1 aromatic heterocycles. The maximum absolute atomic E-state index is 14.4. The molecule has 376 valence electrons. The number of fused-ring (bicyclic) bond motifs is 1. The van der Waals surface area contributed by atoms with Gasteiger partial charge in [0.2, 0.25) is 21.8 Å². The number of aromatic nitrogens is 1. The molecule has 6 atom stereocenters. The third-order valence-electron chi connectivity index (χ3n) is 15.0. The van der Waals surface area contributed by atoms with Crippen molar-refractivity contribution in [1.82, 2.24) is 35.0 Å². The van der Waals surface area contributed by atoms with Gasteiger partial charge in [-0.1, -0.05) is 51.8 Å². The van der Waals surface area contributed by atoms with Crippen LogP contribution in [0.3, 0.4) is 0 Å². The molecule has 4 amide bonds. The van der Waals surface area contributed by atoms with Crippen LogP contribution in [0.4, 0.5) is 4.79 Å². The fraction of sp³-hybridized carbons (Fsp3) is 0.700. The summed E-state index contributed by atoms with van der Waals surface area (Å²) in [6.07, 6.45) is 9.51. The van der Waals surface area contributed by atoms with Crippen LogP contribution in [0.15, 0.2) is 41.7 Å². The van der Waals surface area contributed by atoms with E-state index in [1.54, 1.807) is 6.08 Å². The topological polar surface area (TPSA) is 209 Å². The van der Waals surface area contributed by atoms with Crippen molar-refractivity contribution < 1.29 is 41.8 Å². The number of unbranched alkanes of at least 4 members (excludes halogenated alkanes) is 2. The molecule has 17 nitrogen and oxygen atoms in total. The summed E-state index contributed by atoms with van der Waals surface area (Å²) < 4.78 is 46.4. The van der Waals surface area contributed by atoms with Crippen molar-refractivity contribution in [2.75, 3.05) is 66.6 Å². The second-order valence-corrected chi connectivity index (χ2v) is 23.2. The first kappa shape index (κ1) is 51.3. The smallest absolute Gasteiger partial charge is 0.408 e. The maximum atomic E-state index is 14.4. The highest BCUT2D eigenvalue weighted by atomic mass is 32.2. The third-order valence-corrected chi connectivity index (χ3v) is 17.2. The van der Waals surface area contributed by atoms with Crippen LogP contribution in [0.2, 0.25) is 0 Å². The highest BCUT2D eigenvalue weighted by Crippen LogP contribution is 2.49. The zero-order valence-corrected chi connectivity index (χ0v) is 41.7. The Morgan fingerprint density at radius 1 is 1.03 bits per heavy atom. The molecule has 5 fully saturated rings. The van der Waals surface area contributed by atoms with E-state index in [4.69, 9.17) is 14.2 Å². The Morgan fingerprint density at radius 3 is 2.47 bits per heavy atom. The Kier molecular flexibility index (Phi) is 16.3. The number of hydrogen-bond acceptors (Lipinski definition) is 12. The van der Waals surface area contributed by atoms with Crippen LogP contribution in [0, 0.1) is 17.3 Å². The Hall–Kier alpha value is -4.52. The molecular formula is C50H75N7O10S. The number of likely N-dealkylation sites (N-methyl/N-ethyl adjacent to an activating group) is 1. The number of sulfonamides is 1. The quantitative estimate of drug-likeness (QED) is 0.0941. The zero-order valence-electron chi connectivity index (χ0n) is 40.9. The van der Waals surface area contributed by atoms with E-state index in [0.717, 1.165) is 75.5 Å². The molecule has 0 bridgehead atoms. The van der Waals surface area contributed by atoms with Crippen molar-refractivity contribution in [3.63, 3.8) is 0 Å². The number of morpholine rings is 1. The van der Waals surface area contributed by atoms with Gasteiger partial charge >= 0.3 is 6.09 Å². The van der Waals surface area contributed by atoms with Crippen molar-refractivity contribution in [3.05, 3.63) is 52.8 Å². The van der Waals surface area contributed by atoms with Gasteiger partial charge in [0.15, 0.2) is 0 Å². The number of alkyl carbamates (subject to hydrolysis) is 1. The van der Waals surface area contributed by atoms with Gasteiger partial charge in [0.1, 0.15) is 36.1 Å². The first-order chi connectivity index (χ1) is 32.4. The molecule has 3 aliphatic carbocycles. The van der Waals surface area contributed by atoms with E-state index in [1.165, 1.54) is 4.90 Å². The molecule has 3 saturated carbocycles. The van der Waals surface area contributed by atoms with E-state index in [0.29, 0.717) is 76.2 Å². The Balaban J connectivity index is 0.910. The number of amides is 4. The summed E-state index contributed by atoms with van der Waals surface area (Å²) in [5.74, 6) is -1.45. The molecule has 2 saturated heterocycles. The molecule has 5 aliphatic rings. The lowest BCUT2D eigenvalue weighted by Gasteiger charge is -2.36. The summed E-state index contributed by atoms with van der Waals surface area (Å²) in [7, 11) is -0.0929. The zero-order chi connectivity index (χ0) is 48.9. The van der Waals surface area contributed by atoms with Gasteiger partial charge in [0.25, 0.3) is 11.5 Å². The minimum Gasteiger partial charge on any atom is -0.491 e. The Bertz CT molecular complexity index is 2320. The number of likely N-dealkylation sites (tertiary alicyclic amines) is 1. The Morgan fingerprint density at radius 2 is 1.78 bits per heavy atom. The molecule has 68 heavy (non-hydrogen) atoms. The fourth-order valence-corrected chi connectivity index (χ4v) is 12.0. The fourth-order valence-electron chi connectivity index (χ4n) is 10.4. The molecule has 1 aromatic carbocycles. The average molecular weight is 966 g/mol. The van der Waals surface area contributed by atoms with Crippen molar-refractivity contribution in [3.8, 4) is 5.75 Å². The second-order valence-electron chi connectivity index (χ2n) is 21.2. The van der Waals surface area contributed by atoms with Crippen LogP contribution in [0.1, 0.15) is 110 Å². The van der Waals surface area contributed by atoms with Gasteiger partial charge in [0.05, 0.1) is 29.0 Å². The highest BCUT2D eigenvalue weighted by Gasteiger charge is 2.63. The van der Waals surface area contributed by atoms with Gasteiger partial charge in [-0.15, -0.1) is 6.58 Å². The number of pyridine rings is 1. The first-order valence-corrected chi connectivity index (χ1v) is 26.4. The lowest BCUT2D eigenvalue weighted by atomic mass is 9.85. The summed E-state index contributed by atoms with van der Waals surface area (Å²) in [6, 6.07) is 5.75. The van der Waals surface area contributed by atoms with Gasteiger partial charge in [-0.3, -0.25) is 28.8 Å². The number of rotatable bonds is 22. The number of nitrogens with zero attached hydrogens (tertiary/aromatic N) is 3. The summed E-state index contributed by atoms with van der Waals surface area (Å²) in [5.41, 5.74) is -0.979. The van der Waals surface area contributed by atoms with Crippen molar-refractivity contribution in [1.29, 1.82) is 0 Å². The number of carbonyl (C=O) groups excluding carboxylic acids is 4. The molecule has 2 aliphatic heterocycles. The number of para-hydroxylation sites is 1. The molecule has 0 spiro atoms. The van der Waals surface area contributed by atoms with Crippen LogP contribution < -0.4 is 25.7 Å². The van der Waals surface area contributed by atoms with Crippen LogP contribution in [-0.2, 0) is 40.3 Å². The van der Waals surface area contributed by atoms with Gasteiger partial charge < -0.3 is 39.6 Å². The standard InChI is InChI=1S/C50H75N7O10S/c1-7-35-33-50(35,46(61)54-68(63,64)49(22-23-49)24-26-56-28-30-65-31-29-56)53-44(59)39-20-14-25-57(39)45(60)42(48(2,3)4)52-47(62)67-40-21-13-16-34(40)15-9-8-10-18-37-41(66-32-27-55(5)6)36-17-11-12-19-38(36)51-43(37)58/h7,11-12,17,19,34-35,39-40,42H,1,8-10,13-16,18,20-33H2,2-6H3,(H,51,58)(H,52,62)(H,53,59)(H,54,61)/t34-,35?,39+,40-,42-,50-/m1/s1. The van der Waals surface area contributed by atoms with E-state index in [-0.39, 0.29) is 30.5 Å². The summed E-state index contributed by atoms with van der Waals surface area (Å²) in [5, 5.41) is 6.62. The maximum Gasteiger partial charge on any atom is 0.408 e. The minimum atomic E-state index is -4.06. The molecule has 2 aromatic rings. The SMILES string of the molecule is C=CC1C[C@]1(NC(=O)[C@@H]1CCCN1C(=O)[C@@H](NC(=O)O[C@@H]1CCC[C@H]1CCCCCc1c(OCCN(C)C)c2ccccc2[nH]c1=O)C(C)(C)C)C(=O)NS(=O)(=O)C1(CCN2CCOCC2)CC1. The molecule has 18 heteroatoms. The minimum absolute atomic E-state index is 0.130. The van der Waals surface area contributed by atoms with E-state index < -0.39 is 67.5 Å². The normalized spacial score (nSPS) is 25.2. The lowest BCUT2D eigenvalue weighted by Crippen LogP contribution is -2.60. The van der Waals surface area contributed by atoms with Crippen LogP contribution in [0.5, 0.6) is 5.75 Å². The van der Waals surface area contributed by atoms with Crippen LogP contribution >= 0.6 is 0 Å². The Labute approximate surface area is 401 Å². The number of H-pyrrole nitrogens is 1.